The molecule has 0 aromatic heterocycles. The molecule has 1 nitrogen and oxygen atoms in total. The van der Waals surface area contributed by atoms with Crippen LogP contribution in [0.5, 0.6) is 5.75 Å². The first-order valence-corrected chi connectivity index (χ1v) is 2.97. The Balaban J connectivity index is 3.05. The van der Waals surface area contributed by atoms with Gasteiger partial charge in [-0.15, -0.1) is 0 Å². The fourth-order valence-electron chi connectivity index (χ4n) is 0.665. The second-order valence-corrected chi connectivity index (χ2v) is 1.84. The van der Waals surface area contributed by atoms with Crippen molar-refractivity contribution in [1.82, 2.24) is 0 Å². The van der Waals surface area contributed by atoms with Gasteiger partial charge in [0.1, 0.15) is 0 Å². The molecule has 0 aliphatic carbocycles. The lowest BCUT2D eigenvalue weighted by atomic mass is 10.3. The summed E-state index contributed by atoms with van der Waals surface area (Å²) < 4.78 is 29.6. The molecule has 1 aromatic rings. The first kappa shape index (κ1) is 7.72. The zero-order chi connectivity index (χ0) is 8.27. The van der Waals surface area contributed by atoms with Crippen LogP contribution in [0.4, 0.5) is 8.78 Å². The van der Waals surface area contributed by atoms with Gasteiger partial charge in [0.25, 0.3) is 0 Å². The molecule has 0 atom stereocenters. The van der Waals surface area contributed by atoms with E-state index in [4.69, 9.17) is 0 Å². The van der Waals surface area contributed by atoms with Crippen LogP contribution in [0, 0.1) is 11.6 Å². The molecule has 58 valence electrons. The van der Waals surface area contributed by atoms with Crippen molar-refractivity contribution >= 4 is 0 Å². The van der Waals surface area contributed by atoms with Gasteiger partial charge in [0, 0.05) is 0 Å². The van der Waals surface area contributed by atoms with Crippen LogP contribution < -0.4 is 4.74 Å². The predicted molar refractivity (Wildman–Crippen MR) is 37.2 cm³/mol. The molecular formula is C8H6F2O. The summed E-state index contributed by atoms with van der Waals surface area (Å²) >= 11 is 0. The Hall–Kier alpha value is -1.38. The summed E-state index contributed by atoms with van der Waals surface area (Å²) in [5, 5.41) is 0. The van der Waals surface area contributed by atoms with Crippen molar-refractivity contribution in [3.05, 3.63) is 42.7 Å². The third-order valence-electron chi connectivity index (χ3n) is 1.13. The third-order valence-corrected chi connectivity index (χ3v) is 1.13. The molecule has 11 heavy (non-hydrogen) atoms. The zero-order valence-electron chi connectivity index (χ0n) is 5.68. The molecule has 0 fully saturated rings. The molecule has 0 aliphatic rings. The van der Waals surface area contributed by atoms with Crippen LogP contribution in [-0.2, 0) is 0 Å². The Labute approximate surface area is 62.9 Å². The van der Waals surface area contributed by atoms with E-state index in [1.165, 1.54) is 12.1 Å². The average molecular weight is 156 g/mol. The highest BCUT2D eigenvalue weighted by Crippen LogP contribution is 2.18. The lowest BCUT2D eigenvalue weighted by Crippen LogP contribution is -1.89. The molecule has 0 bridgehead atoms. The molecule has 3 heteroatoms. The zero-order valence-corrected chi connectivity index (χ0v) is 5.68. The molecule has 0 saturated heterocycles. The number of ether oxygens (including phenoxy) is 1. The van der Waals surface area contributed by atoms with Crippen molar-refractivity contribution in [2.24, 2.45) is 0 Å². The minimum absolute atomic E-state index is 0.153. The summed E-state index contributed by atoms with van der Waals surface area (Å²) in [6.45, 7) is 3.22. The van der Waals surface area contributed by atoms with Crippen molar-refractivity contribution in [3.63, 3.8) is 0 Å². The fraction of sp³-hybridized carbons (Fsp3) is 0. The summed E-state index contributed by atoms with van der Waals surface area (Å²) in [6.07, 6.45) is 1.04. The van der Waals surface area contributed by atoms with Gasteiger partial charge in [0.05, 0.1) is 6.26 Å². The Morgan fingerprint density at radius 2 is 2.09 bits per heavy atom. The average Bonchev–Trinajstić information content (AvgIpc) is 1.99. The van der Waals surface area contributed by atoms with Gasteiger partial charge in [-0.3, -0.25) is 0 Å². The number of halogens is 2. The third kappa shape index (κ3) is 1.55. The predicted octanol–water partition coefficient (Wildman–Crippen LogP) is 2.49. The van der Waals surface area contributed by atoms with Crippen LogP contribution >= 0.6 is 0 Å². The van der Waals surface area contributed by atoms with Crippen molar-refractivity contribution in [2.75, 3.05) is 0 Å². The van der Waals surface area contributed by atoms with Crippen LogP contribution in [-0.4, -0.2) is 0 Å². The minimum Gasteiger partial charge on any atom is -0.462 e. The lowest BCUT2D eigenvalue weighted by Gasteiger charge is -2.00. The van der Waals surface area contributed by atoms with E-state index in [2.05, 4.69) is 11.3 Å². The van der Waals surface area contributed by atoms with Crippen molar-refractivity contribution in [3.8, 4) is 5.75 Å². The van der Waals surface area contributed by atoms with E-state index in [-0.39, 0.29) is 5.75 Å². The van der Waals surface area contributed by atoms with Crippen molar-refractivity contribution < 1.29 is 13.5 Å². The molecule has 1 rings (SSSR count). The summed E-state index contributed by atoms with van der Waals surface area (Å²) in [7, 11) is 0. The highest BCUT2D eigenvalue weighted by molar-refractivity contribution is 5.25. The second-order valence-electron chi connectivity index (χ2n) is 1.84. The van der Waals surface area contributed by atoms with Gasteiger partial charge in [0.2, 0.25) is 5.82 Å². The maximum Gasteiger partial charge on any atom is 0.201 e. The summed E-state index contributed by atoms with van der Waals surface area (Å²) in [5.41, 5.74) is 0. The van der Waals surface area contributed by atoms with E-state index < -0.39 is 11.6 Å². The summed E-state index contributed by atoms with van der Waals surface area (Å²) in [5.74, 6) is -2.07. The van der Waals surface area contributed by atoms with E-state index in [0.29, 0.717) is 0 Å². The monoisotopic (exact) mass is 156 g/mol. The number of benzene rings is 1. The second kappa shape index (κ2) is 3.14. The molecule has 0 saturated carbocycles. The molecular weight excluding hydrogens is 150 g/mol. The van der Waals surface area contributed by atoms with Gasteiger partial charge in [-0.25, -0.2) is 4.39 Å². The SMILES string of the molecule is C=COc1cccc(F)c1F. The van der Waals surface area contributed by atoms with Crippen molar-refractivity contribution in [2.45, 2.75) is 0 Å². The molecule has 0 spiro atoms. The lowest BCUT2D eigenvalue weighted by molar-refractivity contribution is 0.416. The normalized spacial score (nSPS) is 9.27. The van der Waals surface area contributed by atoms with Gasteiger partial charge in [-0.1, -0.05) is 12.6 Å². The smallest absolute Gasteiger partial charge is 0.201 e. The van der Waals surface area contributed by atoms with E-state index in [1.807, 2.05) is 0 Å². The first-order chi connectivity index (χ1) is 5.25. The highest BCUT2D eigenvalue weighted by Gasteiger charge is 2.06. The standard InChI is InChI=1S/C8H6F2O/c1-2-11-7-5-3-4-6(9)8(7)10/h2-5H,1H2. The van der Waals surface area contributed by atoms with Crippen LogP contribution in [0.1, 0.15) is 0 Å². The molecule has 0 N–H and O–H groups in total. The molecule has 0 radical (unpaired) electrons. The molecule has 0 aliphatic heterocycles. The maximum atomic E-state index is 12.6. The van der Waals surface area contributed by atoms with E-state index in [1.54, 1.807) is 0 Å². The van der Waals surface area contributed by atoms with Gasteiger partial charge in [-0.2, -0.15) is 4.39 Å². The van der Waals surface area contributed by atoms with Gasteiger partial charge in [0.15, 0.2) is 11.6 Å². The minimum atomic E-state index is -0.993. The van der Waals surface area contributed by atoms with E-state index in [9.17, 15) is 8.78 Å². The van der Waals surface area contributed by atoms with Crippen LogP contribution in [0.3, 0.4) is 0 Å². The highest BCUT2D eigenvalue weighted by atomic mass is 19.2. The Morgan fingerprint density at radius 3 is 2.73 bits per heavy atom. The molecule has 0 heterocycles. The van der Waals surface area contributed by atoms with E-state index in [0.717, 1.165) is 12.3 Å². The Bertz CT molecular complexity index is 271. The van der Waals surface area contributed by atoms with Crippen molar-refractivity contribution in [1.29, 1.82) is 0 Å². The molecule has 0 unspecified atom stereocenters. The van der Waals surface area contributed by atoms with Gasteiger partial charge < -0.3 is 4.74 Å². The van der Waals surface area contributed by atoms with Gasteiger partial charge >= 0.3 is 0 Å². The summed E-state index contributed by atoms with van der Waals surface area (Å²) in [6, 6.07) is 3.70. The quantitative estimate of drug-likeness (QED) is 0.597. The van der Waals surface area contributed by atoms with Gasteiger partial charge in [-0.05, 0) is 12.1 Å². The van der Waals surface area contributed by atoms with Crippen LogP contribution in [0.2, 0.25) is 0 Å². The summed E-state index contributed by atoms with van der Waals surface area (Å²) in [4.78, 5) is 0. The molecule has 1 aromatic carbocycles. The number of rotatable bonds is 2. The van der Waals surface area contributed by atoms with E-state index >= 15 is 0 Å². The first-order valence-electron chi connectivity index (χ1n) is 2.97. The largest absolute Gasteiger partial charge is 0.462 e. The maximum absolute atomic E-state index is 12.6. The Kier molecular flexibility index (Phi) is 2.21. The fourth-order valence-corrected chi connectivity index (χ4v) is 0.665. The van der Waals surface area contributed by atoms with Crippen LogP contribution in [0.25, 0.3) is 0 Å². The molecule has 0 amide bonds. The number of hydrogen-bond donors (Lipinski definition) is 0. The number of hydrogen-bond acceptors (Lipinski definition) is 1. The topological polar surface area (TPSA) is 9.23 Å². The Morgan fingerprint density at radius 1 is 1.36 bits per heavy atom. The van der Waals surface area contributed by atoms with Crippen LogP contribution in [0.15, 0.2) is 31.0 Å².